The van der Waals surface area contributed by atoms with Gasteiger partial charge in [-0.15, -0.1) is 0 Å². The number of rotatable bonds is 2. The van der Waals surface area contributed by atoms with E-state index in [1.54, 1.807) is 0 Å². The molecule has 2 amide bonds. The number of carbonyl (C=O) groups is 2. The second-order valence-electron chi connectivity index (χ2n) is 3.90. The normalized spacial score (nSPS) is 14.7. The molecule has 0 radical (unpaired) electrons. The van der Waals surface area contributed by atoms with E-state index in [0.29, 0.717) is 10.5 Å². The molecule has 2 rings (SSSR count). The first-order valence-electron chi connectivity index (χ1n) is 5.27. The molecule has 1 heterocycles. The van der Waals surface area contributed by atoms with Crippen LogP contribution in [0.4, 0.5) is 4.79 Å². The first-order valence-corrected chi connectivity index (χ1v) is 6.92. The third kappa shape index (κ3) is 1.86. The van der Waals surface area contributed by atoms with Crippen molar-refractivity contribution >= 4 is 21.8 Å². The molecule has 0 unspecified atom stereocenters. The molecule has 1 N–H and O–H groups in total. The van der Waals surface area contributed by atoms with Crippen molar-refractivity contribution in [3.8, 4) is 0 Å². The number of amides is 2. The van der Waals surface area contributed by atoms with Crippen LogP contribution in [0, 0.1) is 0 Å². The van der Waals surface area contributed by atoms with Crippen molar-refractivity contribution in [3.05, 3.63) is 29.3 Å². The van der Waals surface area contributed by atoms with Gasteiger partial charge in [0.1, 0.15) is 0 Å². The van der Waals surface area contributed by atoms with Gasteiger partial charge in [-0.1, -0.05) is 6.92 Å². The van der Waals surface area contributed by atoms with E-state index in [1.165, 1.54) is 25.1 Å². The van der Waals surface area contributed by atoms with Crippen LogP contribution in [0.1, 0.15) is 22.8 Å². The molecule has 1 aromatic carbocycles. The standard InChI is InChI=1S/C11H11NO5S/c1-2-18(16,17)8-3-4-9-7(5-8)6-12(10(9)13)11(14)15/h3-5H,2,6H2,1H3,(H,14,15). The second-order valence-corrected chi connectivity index (χ2v) is 6.17. The lowest BCUT2D eigenvalue weighted by Crippen LogP contribution is -2.29. The molecule has 6 nitrogen and oxygen atoms in total. The van der Waals surface area contributed by atoms with E-state index in [2.05, 4.69) is 0 Å². The van der Waals surface area contributed by atoms with Crippen LogP contribution in [0.5, 0.6) is 0 Å². The van der Waals surface area contributed by atoms with Crippen molar-refractivity contribution in [1.82, 2.24) is 4.90 Å². The maximum atomic E-state index is 11.7. The molecule has 0 fully saturated rings. The summed E-state index contributed by atoms with van der Waals surface area (Å²) in [6.07, 6.45) is -1.34. The zero-order valence-electron chi connectivity index (χ0n) is 9.58. The highest BCUT2D eigenvalue weighted by Gasteiger charge is 2.32. The summed E-state index contributed by atoms with van der Waals surface area (Å²) in [6, 6.07) is 4.07. The molecule has 1 aliphatic heterocycles. The van der Waals surface area contributed by atoms with E-state index in [0.717, 1.165) is 0 Å². The number of imide groups is 1. The van der Waals surface area contributed by atoms with Gasteiger partial charge in [0, 0.05) is 5.56 Å². The van der Waals surface area contributed by atoms with Crippen molar-refractivity contribution in [2.24, 2.45) is 0 Å². The van der Waals surface area contributed by atoms with Gasteiger partial charge in [0.25, 0.3) is 5.91 Å². The summed E-state index contributed by atoms with van der Waals surface area (Å²) in [5.41, 5.74) is 0.671. The van der Waals surface area contributed by atoms with Crippen LogP contribution < -0.4 is 0 Å². The molecular formula is C11H11NO5S. The number of fused-ring (bicyclic) bond motifs is 1. The van der Waals surface area contributed by atoms with E-state index in [4.69, 9.17) is 5.11 Å². The van der Waals surface area contributed by atoms with Crippen LogP contribution in [-0.2, 0) is 16.4 Å². The van der Waals surface area contributed by atoms with E-state index >= 15 is 0 Å². The Bertz CT molecular complexity index is 635. The largest absolute Gasteiger partial charge is 0.465 e. The maximum absolute atomic E-state index is 11.7. The first-order chi connectivity index (χ1) is 8.36. The predicted molar refractivity (Wildman–Crippen MR) is 62.1 cm³/mol. The van der Waals surface area contributed by atoms with Crippen molar-refractivity contribution in [1.29, 1.82) is 0 Å². The number of nitrogens with zero attached hydrogens (tertiary/aromatic N) is 1. The summed E-state index contributed by atoms with van der Waals surface area (Å²) in [5, 5.41) is 8.82. The minimum Gasteiger partial charge on any atom is -0.465 e. The third-order valence-electron chi connectivity index (χ3n) is 2.85. The maximum Gasteiger partial charge on any atom is 0.414 e. The zero-order valence-corrected chi connectivity index (χ0v) is 10.4. The van der Waals surface area contributed by atoms with Gasteiger partial charge in [-0.3, -0.25) is 4.79 Å². The molecule has 0 bridgehead atoms. The monoisotopic (exact) mass is 269 g/mol. The Morgan fingerprint density at radius 2 is 2.11 bits per heavy atom. The summed E-state index contributed by atoms with van der Waals surface area (Å²) in [5.74, 6) is -0.652. The molecule has 0 spiro atoms. The first kappa shape index (κ1) is 12.6. The molecule has 18 heavy (non-hydrogen) atoms. The van der Waals surface area contributed by atoms with Crippen LogP contribution in [0.15, 0.2) is 23.1 Å². The molecule has 0 aromatic heterocycles. The lowest BCUT2D eigenvalue weighted by molar-refractivity contribution is 0.0763. The fraction of sp³-hybridized carbons (Fsp3) is 0.273. The number of carbonyl (C=O) groups excluding carboxylic acids is 1. The molecular weight excluding hydrogens is 258 g/mol. The summed E-state index contributed by atoms with van der Waals surface area (Å²) >= 11 is 0. The van der Waals surface area contributed by atoms with Crippen molar-refractivity contribution in [2.45, 2.75) is 18.4 Å². The molecule has 0 saturated carbocycles. The Morgan fingerprint density at radius 1 is 1.44 bits per heavy atom. The average molecular weight is 269 g/mol. The highest BCUT2D eigenvalue weighted by atomic mass is 32.2. The zero-order chi connectivity index (χ0) is 13.5. The minimum absolute atomic E-state index is 0.0393. The van der Waals surface area contributed by atoms with Gasteiger partial charge in [-0.25, -0.2) is 18.1 Å². The van der Waals surface area contributed by atoms with Crippen LogP contribution in [0.25, 0.3) is 0 Å². The van der Waals surface area contributed by atoms with Crippen molar-refractivity contribution in [2.75, 3.05) is 5.75 Å². The molecule has 7 heteroatoms. The summed E-state index contributed by atoms with van der Waals surface area (Å²) in [6.45, 7) is 1.42. The number of benzene rings is 1. The van der Waals surface area contributed by atoms with E-state index in [-0.39, 0.29) is 22.8 Å². The summed E-state index contributed by atoms with van der Waals surface area (Å²) in [7, 11) is -3.35. The number of carboxylic acid groups (broad SMARTS) is 1. The van der Waals surface area contributed by atoms with Gasteiger partial charge in [-0.2, -0.15) is 0 Å². The topological polar surface area (TPSA) is 91.8 Å². The smallest absolute Gasteiger partial charge is 0.414 e. The number of hydrogen-bond donors (Lipinski definition) is 1. The van der Waals surface area contributed by atoms with Gasteiger partial charge in [-0.05, 0) is 23.8 Å². The Labute approximate surface area is 104 Å². The molecule has 1 aromatic rings. The van der Waals surface area contributed by atoms with Crippen LogP contribution in [0.3, 0.4) is 0 Å². The number of hydrogen-bond acceptors (Lipinski definition) is 4. The van der Waals surface area contributed by atoms with Gasteiger partial charge < -0.3 is 5.11 Å². The van der Waals surface area contributed by atoms with E-state index in [1.807, 2.05) is 0 Å². The van der Waals surface area contributed by atoms with Crippen molar-refractivity contribution < 1.29 is 23.1 Å². The van der Waals surface area contributed by atoms with Gasteiger partial charge >= 0.3 is 6.09 Å². The van der Waals surface area contributed by atoms with Crippen LogP contribution in [-0.4, -0.2) is 36.2 Å². The van der Waals surface area contributed by atoms with Gasteiger partial charge in [0.05, 0.1) is 17.2 Å². The second kappa shape index (κ2) is 4.09. The lowest BCUT2D eigenvalue weighted by Gasteiger charge is -2.06. The van der Waals surface area contributed by atoms with Crippen molar-refractivity contribution in [3.63, 3.8) is 0 Å². The summed E-state index contributed by atoms with van der Waals surface area (Å²) in [4.78, 5) is 23.2. The highest BCUT2D eigenvalue weighted by molar-refractivity contribution is 7.91. The van der Waals surface area contributed by atoms with Crippen LogP contribution >= 0.6 is 0 Å². The van der Waals surface area contributed by atoms with Crippen LogP contribution in [0.2, 0.25) is 0 Å². The molecule has 1 aliphatic rings. The SMILES string of the molecule is CCS(=O)(=O)c1ccc2c(c1)CN(C(=O)O)C2=O. The highest BCUT2D eigenvalue weighted by Crippen LogP contribution is 2.25. The number of sulfone groups is 1. The molecule has 0 aliphatic carbocycles. The Morgan fingerprint density at radius 3 is 2.67 bits per heavy atom. The van der Waals surface area contributed by atoms with E-state index in [9.17, 15) is 18.0 Å². The predicted octanol–water partition coefficient (Wildman–Crippen LogP) is 1.11. The molecule has 0 saturated heterocycles. The Kier molecular flexibility index (Phi) is 2.86. The Balaban J connectivity index is 2.48. The van der Waals surface area contributed by atoms with Gasteiger partial charge in [0.15, 0.2) is 9.84 Å². The molecule has 0 atom stereocenters. The summed E-state index contributed by atoms with van der Waals surface area (Å²) < 4.78 is 23.4. The average Bonchev–Trinajstić information content (AvgIpc) is 2.66. The quantitative estimate of drug-likeness (QED) is 0.868. The fourth-order valence-electron chi connectivity index (χ4n) is 1.81. The Hall–Kier alpha value is -1.89. The van der Waals surface area contributed by atoms with Gasteiger partial charge in [0.2, 0.25) is 0 Å². The molecule has 96 valence electrons. The minimum atomic E-state index is -3.35. The lowest BCUT2D eigenvalue weighted by atomic mass is 10.1. The fourth-order valence-corrected chi connectivity index (χ4v) is 2.74. The third-order valence-corrected chi connectivity index (χ3v) is 4.58. The van der Waals surface area contributed by atoms with E-state index < -0.39 is 21.8 Å².